The molecule has 1 aromatic rings. The van der Waals surface area contributed by atoms with Gasteiger partial charge in [-0.2, -0.15) is 0 Å². The largest absolute Gasteiger partial charge is 0.344 e. The van der Waals surface area contributed by atoms with Crippen molar-refractivity contribution in [2.75, 3.05) is 19.6 Å². The Kier molecular flexibility index (Phi) is 3.92. The number of likely N-dealkylation sites (tertiary alicyclic amines) is 1. The Balaban J connectivity index is 1.72. The number of nitrogens with zero attached hydrogens (tertiary/aromatic N) is 1. The first kappa shape index (κ1) is 14.1. The lowest BCUT2D eigenvalue weighted by Crippen LogP contribution is -2.43. The topological polar surface area (TPSA) is 75.4 Å². The summed E-state index contributed by atoms with van der Waals surface area (Å²) in [5, 5.41) is 2.76. The molecule has 21 heavy (non-hydrogen) atoms. The molecule has 0 radical (unpaired) electrons. The smallest absolute Gasteiger partial charge is 0.245 e. The fraction of sp³-hybridized carbons (Fsp3) is 0.500. The molecule has 1 aromatic carbocycles. The quantitative estimate of drug-likeness (QED) is 0.848. The molecule has 0 unspecified atom stereocenters. The minimum absolute atomic E-state index is 0.0254. The highest BCUT2D eigenvalue weighted by Gasteiger charge is 2.39. The molecule has 0 aromatic heterocycles. The van der Waals surface area contributed by atoms with E-state index in [1.807, 2.05) is 23.1 Å². The number of carbonyl (C=O) groups excluding carboxylic acids is 2. The molecule has 2 heterocycles. The predicted molar refractivity (Wildman–Crippen MR) is 79.5 cm³/mol. The molecule has 3 rings (SSSR count). The van der Waals surface area contributed by atoms with Gasteiger partial charge in [0.15, 0.2) is 0 Å². The van der Waals surface area contributed by atoms with Gasteiger partial charge in [0.2, 0.25) is 11.8 Å². The number of carbonyl (C=O) groups is 2. The van der Waals surface area contributed by atoms with Gasteiger partial charge in [-0.3, -0.25) is 9.59 Å². The summed E-state index contributed by atoms with van der Waals surface area (Å²) in [5.74, 6) is 0.589. The molecule has 2 aliphatic rings. The molecular formula is C16H21N3O2. The zero-order valence-electron chi connectivity index (χ0n) is 12.0. The lowest BCUT2D eigenvalue weighted by molar-refractivity contribution is -0.133. The summed E-state index contributed by atoms with van der Waals surface area (Å²) in [6, 6.07) is 9.88. The van der Waals surface area contributed by atoms with Crippen molar-refractivity contribution in [3.63, 3.8) is 0 Å². The Morgan fingerprint density at radius 3 is 2.67 bits per heavy atom. The summed E-state index contributed by atoms with van der Waals surface area (Å²) in [6.07, 6.45) is 1.06. The molecule has 2 aliphatic heterocycles. The van der Waals surface area contributed by atoms with E-state index in [4.69, 9.17) is 5.73 Å². The monoisotopic (exact) mass is 287 g/mol. The average Bonchev–Trinajstić information content (AvgIpc) is 3.13. The summed E-state index contributed by atoms with van der Waals surface area (Å²) in [4.78, 5) is 25.6. The second kappa shape index (κ2) is 5.85. The zero-order chi connectivity index (χ0) is 14.8. The molecule has 5 heteroatoms. The third-order valence-electron chi connectivity index (χ3n) is 4.58. The van der Waals surface area contributed by atoms with Gasteiger partial charge in [-0.25, -0.2) is 0 Å². The lowest BCUT2D eigenvalue weighted by atomic mass is 9.89. The van der Waals surface area contributed by atoms with Crippen LogP contribution < -0.4 is 11.1 Å². The van der Waals surface area contributed by atoms with Crippen LogP contribution >= 0.6 is 0 Å². The predicted octanol–water partition coefficient (Wildman–Crippen LogP) is 0.466. The van der Waals surface area contributed by atoms with E-state index >= 15 is 0 Å². The van der Waals surface area contributed by atoms with E-state index in [9.17, 15) is 9.59 Å². The summed E-state index contributed by atoms with van der Waals surface area (Å²) < 4.78 is 0. The van der Waals surface area contributed by atoms with Gasteiger partial charge in [-0.1, -0.05) is 30.3 Å². The van der Waals surface area contributed by atoms with Gasteiger partial charge in [-0.05, 0) is 24.4 Å². The third kappa shape index (κ3) is 2.78. The Bertz CT molecular complexity index is 532. The minimum atomic E-state index is -0.342. The Labute approximate surface area is 124 Å². The highest BCUT2D eigenvalue weighted by atomic mass is 16.2. The number of rotatable bonds is 3. The lowest BCUT2D eigenvalue weighted by Gasteiger charge is -2.20. The molecule has 3 atom stereocenters. The van der Waals surface area contributed by atoms with Gasteiger partial charge in [-0.15, -0.1) is 0 Å². The summed E-state index contributed by atoms with van der Waals surface area (Å²) in [5.41, 5.74) is 7.13. The first-order valence-electron chi connectivity index (χ1n) is 7.52. The maximum atomic E-state index is 12.5. The van der Waals surface area contributed by atoms with Crippen LogP contribution in [0.4, 0.5) is 0 Å². The number of nitrogens with two attached hydrogens (primary N) is 1. The van der Waals surface area contributed by atoms with Crippen LogP contribution in [0.15, 0.2) is 30.3 Å². The molecule has 2 amide bonds. The van der Waals surface area contributed by atoms with Crippen LogP contribution in [0.3, 0.4) is 0 Å². The number of benzene rings is 1. The first-order chi connectivity index (χ1) is 10.2. The van der Waals surface area contributed by atoms with Crippen molar-refractivity contribution < 1.29 is 9.59 Å². The van der Waals surface area contributed by atoms with Crippen molar-refractivity contribution in [3.8, 4) is 0 Å². The van der Waals surface area contributed by atoms with E-state index in [0.29, 0.717) is 32.5 Å². The Morgan fingerprint density at radius 2 is 2.05 bits per heavy atom. The van der Waals surface area contributed by atoms with E-state index in [1.54, 1.807) is 0 Å². The van der Waals surface area contributed by atoms with Crippen LogP contribution in [-0.2, 0) is 9.59 Å². The second-order valence-electron chi connectivity index (χ2n) is 5.91. The van der Waals surface area contributed by atoms with Crippen molar-refractivity contribution >= 4 is 11.8 Å². The van der Waals surface area contributed by atoms with Crippen molar-refractivity contribution in [2.24, 2.45) is 11.7 Å². The number of amides is 2. The Morgan fingerprint density at radius 1 is 1.29 bits per heavy atom. The molecule has 0 bridgehead atoms. The molecule has 0 aliphatic carbocycles. The van der Waals surface area contributed by atoms with E-state index in [2.05, 4.69) is 17.4 Å². The SMILES string of the molecule is NC[C@@H]1CN(C(=O)[C@@H]2CCC(=O)N2)C[C@H]1c1ccccc1. The minimum Gasteiger partial charge on any atom is -0.344 e. The van der Waals surface area contributed by atoms with Crippen molar-refractivity contribution in [1.82, 2.24) is 10.2 Å². The van der Waals surface area contributed by atoms with E-state index in [0.717, 1.165) is 0 Å². The number of nitrogens with one attached hydrogen (secondary N) is 1. The van der Waals surface area contributed by atoms with Gasteiger partial charge in [0, 0.05) is 25.4 Å². The van der Waals surface area contributed by atoms with Gasteiger partial charge < -0.3 is 16.0 Å². The summed E-state index contributed by atoms with van der Waals surface area (Å²) in [6.45, 7) is 1.94. The standard InChI is InChI=1S/C16H21N3O2/c17-8-12-9-19(16(21)14-6-7-15(20)18-14)10-13(12)11-4-2-1-3-5-11/h1-5,12-14H,6-10,17H2,(H,18,20)/t12-,13+,14+/m1/s1. The molecule has 2 saturated heterocycles. The fourth-order valence-corrected chi connectivity index (χ4v) is 3.39. The fourth-order valence-electron chi connectivity index (χ4n) is 3.39. The van der Waals surface area contributed by atoms with Crippen LogP contribution in [0, 0.1) is 5.92 Å². The molecule has 2 fully saturated rings. The summed E-state index contributed by atoms with van der Waals surface area (Å²) >= 11 is 0. The second-order valence-corrected chi connectivity index (χ2v) is 5.91. The van der Waals surface area contributed by atoms with Crippen molar-refractivity contribution in [2.45, 2.75) is 24.8 Å². The molecule has 5 nitrogen and oxygen atoms in total. The first-order valence-corrected chi connectivity index (χ1v) is 7.52. The van der Waals surface area contributed by atoms with Crippen LogP contribution in [0.1, 0.15) is 24.3 Å². The number of hydrogen-bond acceptors (Lipinski definition) is 3. The van der Waals surface area contributed by atoms with Crippen LogP contribution in [-0.4, -0.2) is 42.4 Å². The number of hydrogen-bond donors (Lipinski definition) is 2. The van der Waals surface area contributed by atoms with Crippen molar-refractivity contribution in [1.29, 1.82) is 0 Å². The van der Waals surface area contributed by atoms with Crippen LogP contribution in [0.5, 0.6) is 0 Å². The zero-order valence-corrected chi connectivity index (χ0v) is 12.0. The molecule has 0 saturated carbocycles. The Hall–Kier alpha value is -1.88. The average molecular weight is 287 g/mol. The van der Waals surface area contributed by atoms with Crippen molar-refractivity contribution in [3.05, 3.63) is 35.9 Å². The maximum Gasteiger partial charge on any atom is 0.245 e. The molecule has 3 N–H and O–H groups in total. The maximum absolute atomic E-state index is 12.5. The molecule has 0 spiro atoms. The van der Waals surface area contributed by atoms with Gasteiger partial charge in [0.25, 0.3) is 0 Å². The third-order valence-corrected chi connectivity index (χ3v) is 4.58. The summed E-state index contributed by atoms with van der Waals surface area (Å²) in [7, 11) is 0. The molecular weight excluding hydrogens is 266 g/mol. The van der Waals surface area contributed by atoms with Gasteiger partial charge in [0.1, 0.15) is 6.04 Å². The molecule has 112 valence electrons. The normalized spacial score (nSPS) is 28.7. The van der Waals surface area contributed by atoms with Crippen LogP contribution in [0.25, 0.3) is 0 Å². The van der Waals surface area contributed by atoms with Gasteiger partial charge >= 0.3 is 0 Å². The van der Waals surface area contributed by atoms with E-state index in [1.165, 1.54) is 5.56 Å². The van der Waals surface area contributed by atoms with Gasteiger partial charge in [0.05, 0.1) is 0 Å². The van der Waals surface area contributed by atoms with E-state index < -0.39 is 0 Å². The highest BCUT2D eigenvalue weighted by molar-refractivity contribution is 5.91. The highest BCUT2D eigenvalue weighted by Crippen LogP contribution is 2.32. The van der Waals surface area contributed by atoms with Crippen LogP contribution in [0.2, 0.25) is 0 Å². The van der Waals surface area contributed by atoms with E-state index in [-0.39, 0.29) is 29.7 Å².